The Balaban J connectivity index is 2.60. The number of aryl methyl sites for hydroxylation is 1. The van der Waals surface area contributed by atoms with Gasteiger partial charge < -0.3 is 14.9 Å². The van der Waals surface area contributed by atoms with Crippen LogP contribution in [0.3, 0.4) is 0 Å². The summed E-state index contributed by atoms with van der Waals surface area (Å²) in [6.45, 7) is 9.37. The molecule has 0 aliphatic heterocycles. The van der Waals surface area contributed by atoms with Gasteiger partial charge in [-0.1, -0.05) is 6.08 Å². The van der Waals surface area contributed by atoms with Crippen LogP contribution >= 0.6 is 0 Å². The van der Waals surface area contributed by atoms with Gasteiger partial charge in [-0.15, -0.1) is 6.58 Å². The second-order valence-corrected chi connectivity index (χ2v) is 4.01. The molecule has 0 bridgehead atoms. The van der Waals surface area contributed by atoms with Crippen molar-refractivity contribution < 1.29 is 9.15 Å². The lowest BCUT2D eigenvalue weighted by Crippen LogP contribution is -2.26. The topological polar surface area (TPSA) is 51.6 Å². The first-order chi connectivity index (χ1) is 8.21. The normalized spacial score (nSPS) is 11.1. The number of methoxy groups -OCH3 is 1. The molecule has 0 spiro atoms. The molecule has 1 aromatic rings. The summed E-state index contributed by atoms with van der Waals surface area (Å²) < 4.78 is 10.7. The van der Waals surface area contributed by atoms with Gasteiger partial charge in [0.15, 0.2) is 0 Å². The molecule has 96 valence electrons. The summed E-state index contributed by atoms with van der Waals surface area (Å²) in [6.07, 6.45) is 1.88. The van der Waals surface area contributed by atoms with E-state index in [0.717, 1.165) is 36.7 Å². The number of hydrogen-bond donors (Lipinski definition) is 1. The number of rotatable bonds is 8. The average Bonchev–Trinajstić information content (AvgIpc) is 2.66. The third-order valence-electron chi connectivity index (χ3n) is 2.67. The Morgan fingerprint density at radius 3 is 2.88 bits per heavy atom. The van der Waals surface area contributed by atoms with Crippen LogP contribution in [0.25, 0.3) is 0 Å². The molecule has 0 saturated carbocycles. The smallest absolute Gasteiger partial charge is 0.118 e. The van der Waals surface area contributed by atoms with Gasteiger partial charge in [0, 0.05) is 32.3 Å². The molecule has 0 amide bonds. The Morgan fingerprint density at radius 2 is 2.35 bits per heavy atom. The van der Waals surface area contributed by atoms with E-state index in [9.17, 15) is 0 Å². The van der Waals surface area contributed by atoms with Crippen molar-refractivity contribution in [2.45, 2.75) is 20.0 Å². The van der Waals surface area contributed by atoms with Crippen LogP contribution in [-0.2, 0) is 17.8 Å². The Labute approximate surface area is 103 Å². The fourth-order valence-electron chi connectivity index (χ4n) is 1.73. The van der Waals surface area contributed by atoms with Crippen LogP contribution in [-0.4, -0.2) is 31.7 Å². The Kier molecular flexibility index (Phi) is 5.97. The predicted octanol–water partition coefficient (Wildman–Crippen LogP) is 1.68. The monoisotopic (exact) mass is 238 g/mol. The van der Waals surface area contributed by atoms with Crippen LogP contribution in [0.2, 0.25) is 0 Å². The van der Waals surface area contributed by atoms with E-state index < -0.39 is 0 Å². The van der Waals surface area contributed by atoms with Crippen molar-refractivity contribution >= 4 is 0 Å². The van der Waals surface area contributed by atoms with Crippen molar-refractivity contribution in [3.8, 4) is 0 Å². The van der Waals surface area contributed by atoms with Gasteiger partial charge in [0.25, 0.3) is 0 Å². The minimum absolute atomic E-state index is 0.523. The maximum atomic E-state index is 5.67. The lowest BCUT2D eigenvalue weighted by molar-refractivity contribution is 0.146. The van der Waals surface area contributed by atoms with Crippen molar-refractivity contribution in [3.05, 3.63) is 35.8 Å². The molecule has 0 unspecified atom stereocenters. The molecule has 0 radical (unpaired) electrons. The van der Waals surface area contributed by atoms with Crippen LogP contribution in [0, 0.1) is 6.92 Å². The van der Waals surface area contributed by atoms with Gasteiger partial charge in [-0.05, 0) is 13.0 Å². The fraction of sp³-hybridized carbons (Fsp3) is 0.538. The van der Waals surface area contributed by atoms with Crippen molar-refractivity contribution in [1.29, 1.82) is 0 Å². The molecule has 0 aliphatic carbocycles. The van der Waals surface area contributed by atoms with Gasteiger partial charge in [0.05, 0.1) is 13.2 Å². The van der Waals surface area contributed by atoms with Crippen LogP contribution < -0.4 is 5.73 Å². The highest BCUT2D eigenvalue weighted by molar-refractivity contribution is 5.20. The van der Waals surface area contributed by atoms with E-state index in [0.29, 0.717) is 13.2 Å². The molecule has 2 N–H and O–H groups in total. The Bertz CT molecular complexity index is 347. The van der Waals surface area contributed by atoms with Crippen LogP contribution in [0.1, 0.15) is 17.1 Å². The highest BCUT2D eigenvalue weighted by Crippen LogP contribution is 2.15. The molecule has 0 atom stereocenters. The zero-order valence-corrected chi connectivity index (χ0v) is 10.7. The first-order valence-corrected chi connectivity index (χ1v) is 5.81. The molecule has 1 heterocycles. The summed E-state index contributed by atoms with van der Waals surface area (Å²) in [5.74, 6) is 1.86. The zero-order valence-electron chi connectivity index (χ0n) is 10.7. The van der Waals surface area contributed by atoms with E-state index in [4.69, 9.17) is 14.9 Å². The van der Waals surface area contributed by atoms with Gasteiger partial charge in [0.2, 0.25) is 0 Å². The predicted molar refractivity (Wildman–Crippen MR) is 68.7 cm³/mol. The molecule has 1 aromatic heterocycles. The summed E-state index contributed by atoms with van der Waals surface area (Å²) in [4.78, 5) is 2.22. The summed E-state index contributed by atoms with van der Waals surface area (Å²) in [6, 6.07) is 2.03. The van der Waals surface area contributed by atoms with Crippen molar-refractivity contribution in [2.24, 2.45) is 5.73 Å². The Hall–Kier alpha value is -1.10. The summed E-state index contributed by atoms with van der Waals surface area (Å²) >= 11 is 0. The minimum Gasteiger partial charge on any atom is -0.465 e. The Morgan fingerprint density at radius 1 is 1.59 bits per heavy atom. The molecule has 17 heavy (non-hydrogen) atoms. The first kappa shape index (κ1) is 14.0. The molecular weight excluding hydrogens is 216 g/mol. The van der Waals surface area contributed by atoms with E-state index >= 15 is 0 Å². The van der Waals surface area contributed by atoms with Crippen molar-refractivity contribution in [3.63, 3.8) is 0 Å². The maximum Gasteiger partial charge on any atom is 0.118 e. The third-order valence-corrected chi connectivity index (χ3v) is 2.67. The first-order valence-electron chi connectivity index (χ1n) is 5.81. The number of nitrogens with zero attached hydrogens (tertiary/aromatic N) is 1. The van der Waals surface area contributed by atoms with Gasteiger partial charge in [-0.3, -0.25) is 4.90 Å². The molecule has 1 rings (SSSR count). The third kappa shape index (κ3) is 4.34. The molecule has 4 heteroatoms. The van der Waals surface area contributed by atoms with Crippen LogP contribution in [0.5, 0.6) is 0 Å². The van der Waals surface area contributed by atoms with Crippen LogP contribution in [0.15, 0.2) is 23.1 Å². The SMILES string of the molecule is C=CCN(CCOC)Cc1cc(CN)c(C)o1. The highest BCUT2D eigenvalue weighted by atomic mass is 16.5. The van der Waals surface area contributed by atoms with Crippen molar-refractivity contribution in [2.75, 3.05) is 26.8 Å². The summed E-state index contributed by atoms with van der Waals surface area (Å²) in [5.41, 5.74) is 6.70. The van der Waals surface area contributed by atoms with Gasteiger partial charge in [-0.25, -0.2) is 0 Å². The highest BCUT2D eigenvalue weighted by Gasteiger charge is 2.10. The van der Waals surface area contributed by atoms with E-state index in [1.54, 1.807) is 7.11 Å². The molecule has 4 nitrogen and oxygen atoms in total. The van der Waals surface area contributed by atoms with E-state index in [2.05, 4.69) is 11.5 Å². The number of furan rings is 1. The fourth-order valence-corrected chi connectivity index (χ4v) is 1.73. The van der Waals surface area contributed by atoms with Crippen LogP contribution in [0.4, 0.5) is 0 Å². The standard InChI is InChI=1S/C13H22N2O2/c1-4-5-15(6-7-16-3)10-13-8-12(9-14)11(2)17-13/h4,8H,1,5-7,9-10,14H2,2-3H3. The summed E-state index contributed by atoms with van der Waals surface area (Å²) in [5, 5.41) is 0. The van der Waals surface area contributed by atoms with Gasteiger partial charge in [-0.2, -0.15) is 0 Å². The maximum absolute atomic E-state index is 5.67. The average molecular weight is 238 g/mol. The molecule has 0 aliphatic rings. The second kappa shape index (κ2) is 7.27. The lowest BCUT2D eigenvalue weighted by atomic mass is 10.2. The van der Waals surface area contributed by atoms with Gasteiger partial charge in [0.1, 0.15) is 11.5 Å². The minimum atomic E-state index is 0.523. The number of nitrogens with two attached hydrogens (primary N) is 1. The van der Waals surface area contributed by atoms with E-state index in [1.165, 1.54) is 0 Å². The van der Waals surface area contributed by atoms with Gasteiger partial charge >= 0.3 is 0 Å². The zero-order chi connectivity index (χ0) is 12.7. The number of ether oxygens (including phenoxy) is 1. The van der Waals surface area contributed by atoms with Crippen molar-refractivity contribution in [1.82, 2.24) is 4.90 Å². The number of hydrogen-bond acceptors (Lipinski definition) is 4. The quantitative estimate of drug-likeness (QED) is 0.700. The molecule has 0 aromatic carbocycles. The largest absolute Gasteiger partial charge is 0.465 e. The van der Waals surface area contributed by atoms with E-state index in [-0.39, 0.29) is 0 Å². The summed E-state index contributed by atoms with van der Waals surface area (Å²) in [7, 11) is 1.70. The van der Waals surface area contributed by atoms with E-state index in [1.807, 2.05) is 19.1 Å². The molecule has 0 saturated heterocycles. The molecular formula is C13H22N2O2. The molecule has 0 fully saturated rings. The second-order valence-electron chi connectivity index (χ2n) is 4.01. The lowest BCUT2D eigenvalue weighted by Gasteiger charge is -2.18.